The first-order chi connectivity index (χ1) is 17.7. The van der Waals surface area contributed by atoms with E-state index in [-0.39, 0.29) is 5.97 Å². The molecule has 0 atom stereocenters. The van der Waals surface area contributed by atoms with Crippen LogP contribution in [0.1, 0.15) is 57.6 Å². The summed E-state index contributed by atoms with van der Waals surface area (Å²) in [7, 11) is 0. The van der Waals surface area contributed by atoms with E-state index in [0.29, 0.717) is 40.2 Å². The van der Waals surface area contributed by atoms with Gasteiger partial charge in [-0.2, -0.15) is 0 Å². The van der Waals surface area contributed by atoms with E-state index >= 15 is 0 Å². The minimum atomic E-state index is -0.501. The zero-order valence-electron chi connectivity index (χ0n) is 21.9. The third-order valence-electron chi connectivity index (χ3n) is 5.93. The molecular formula is C31H34O6. The fraction of sp³-hybridized carbons (Fsp3) is 0.323. The summed E-state index contributed by atoms with van der Waals surface area (Å²) in [6.45, 7) is 12.9. The van der Waals surface area contributed by atoms with E-state index in [2.05, 4.69) is 32.2 Å². The van der Waals surface area contributed by atoms with Crippen LogP contribution in [0.4, 0.5) is 0 Å². The first kappa shape index (κ1) is 27.7. The average Bonchev–Trinajstić information content (AvgIpc) is 2.87. The molecule has 0 radical (unpaired) electrons. The largest absolute Gasteiger partial charge is 0.462 e. The average molecular weight is 503 g/mol. The maximum absolute atomic E-state index is 12.9. The van der Waals surface area contributed by atoms with Crippen molar-refractivity contribution in [2.24, 2.45) is 0 Å². The first-order valence-corrected chi connectivity index (χ1v) is 12.6. The lowest BCUT2D eigenvalue weighted by molar-refractivity contribution is -0.139. The molecule has 0 unspecified atom stereocenters. The SMILES string of the molecule is C=C(C)C(=O)OCCCCc1cc(CCCC)c2oc(=O)c(-c3ccc(OC(=O)C(=C)C)cc3)cc2c1. The second kappa shape index (κ2) is 12.9. The molecule has 0 N–H and O–H groups in total. The Morgan fingerprint density at radius 3 is 2.24 bits per heavy atom. The van der Waals surface area contributed by atoms with Crippen molar-refractivity contribution in [3.8, 4) is 16.9 Å². The van der Waals surface area contributed by atoms with Crippen LogP contribution in [0.15, 0.2) is 76.0 Å². The van der Waals surface area contributed by atoms with E-state index in [1.165, 1.54) is 0 Å². The Labute approximate surface area is 217 Å². The molecule has 194 valence electrons. The van der Waals surface area contributed by atoms with Crippen molar-refractivity contribution in [2.75, 3.05) is 6.61 Å². The molecule has 0 aliphatic rings. The molecule has 3 aromatic rings. The molecule has 3 rings (SSSR count). The number of benzene rings is 2. The number of hydrogen-bond acceptors (Lipinski definition) is 6. The lowest BCUT2D eigenvalue weighted by Crippen LogP contribution is -2.08. The van der Waals surface area contributed by atoms with Gasteiger partial charge in [0.2, 0.25) is 0 Å². The van der Waals surface area contributed by atoms with Gasteiger partial charge >= 0.3 is 17.6 Å². The van der Waals surface area contributed by atoms with Gasteiger partial charge in [-0.25, -0.2) is 14.4 Å². The minimum absolute atomic E-state index is 0.307. The Balaban J connectivity index is 1.85. The van der Waals surface area contributed by atoms with Crippen molar-refractivity contribution < 1.29 is 23.5 Å². The van der Waals surface area contributed by atoms with Crippen LogP contribution in [0.25, 0.3) is 22.1 Å². The highest BCUT2D eigenvalue weighted by atomic mass is 16.5. The number of carbonyl (C=O) groups is 2. The maximum atomic E-state index is 12.9. The summed E-state index contributed by atoms with van der Waals surface area (Å²) in [5.74, 6) is -0.490. The molecule has 37 heavy (non-hydrogen) atoms. The van der Waals surface area contributed by atoms with E-state index in [1.807, 2.05) is 6.07 Å². The van der Waals surface area contributed by atoms with Gasteiger partial charge in [0.25, 0.3) is 0 Å². The van der Waals surface area contributed by atoms with Gasteiger partial charge in [0.05, 0.1) is 12.2 Å². The normalized spacial score (nSPS) is 10.8. The van der Waals surface area contributed by atoms with Crippen molar-refractivity contribution in [1.29, 1.82) is 0 Å². The number of aryl methyl sites for hydroxylation is 2. The summed E-state index contributed by atoms with van der Waals surface area (Å²) in [6, 6.07) is 12.8. The Hall–Kier alpha value is -3.93. The third-order valence-corrected chi connectivity index (χ3v) is 5.93. The minimum Gasteiger partial charge on any atom is -0.462 e. The number of ether oxygens (including phenoxy) is 2. The van der Waals surface area contributed by atoms with Gasteiger partial charge in [-0.1, -0.05) is 44.7 Å². The molecule has 6 heteroatoms. The quantitative estimate of drug-likeness (QED) is 0.0898. The van der Waals surface area contributed by atoms with Crippen molar-refractivity contribution in [3.05, 3.63) is 88.3 Å². The van der Waals surface area contributed by atoms with Crippen LogP contribution in [0.2, 0.25) is 0 Å². The van der Waals surface area contributed by atoms with Gasteiger partial charge in [-0.15, -0.1) is 0 Å². The summed E-state index contributed by atoms with van der Waals surface area (Å²) < 4.78 is 16.3. The summed E-state index contributed by atoms with van der Waals surface area (Å²) in [5.41, 5.74) is 4.19. The maximum Gasteiger partial charge on any atom is 0.344 e. The summed E-state index contributed by atoms with van der Waals surface area (Å²) in [6.07, 6.45) is 5.27. The molecule has 0 amide bonds. The number of fused-ring (bicyclic) bond motifs is 1. The molecule has 0 saturated carbocycles. The first-order valence-electron chi connectivity index (χ1n) is 12.6. The molecule has 1 heterocycles. The summed E-state index contributed by atoms with van der Waals surface area (Å²) >= 11 is 0. The smallest absolute Gasteiger partial charge is 0.344 e. The zero-order valence-corrected chi connectivity index (χ0v) is 21.9. The molecule has 0 aliphatic carbocycles. The van der Waals surface area contributed by atoms with Gasteiger partial charge < -0.3 is 13.9 Å². The van der Waals surface area contributed by atoms with E-state index in [4.69, 9.17) is 13.9 Å². The van der Waals surface area contributed by atoms with Crippen molar-refractivity contribution >= 4 is 22.9 Å². The molecule has 0 bridgehead atoms. The molecular weight excluding hydrogens is 468 g/mol. The van der Waals surface area contributed by atoms with Crippen molar-refractivity contribution in [3.63, 3.8) is 0 Å². The van der Waals surface area contributed by atoms with Crippen molar-refractivity contribution in [1.82, 2.24) is 0 Å². The summed E-state index contributed by atoms with van der Waals surface area (Å²) in [5, 5.41) is 0.865. The molecule has 0 fully saturated rings. The van der Waals surface area contributed by atoms with E-state index in [9.17, 15) is 14.4 Å². The van der Waals surface area contributed by atoms with Gasteiger partial charge in [-0.05, 0) is 86.9 Å². The third kappa shape index (κ3) is 7.53. The number of esters is 2. The highest BCUT2D eigenvalue weighted by Crippen LogP contribution is 2.28. The molecule has 1 aromatic heterocycles. The Morgan fingerprint density at radius 2 is 1.59 bits per heavy atom. The van der Waals surface area contributed by atoms with Gasteiger partial charge in [0.15, 0.2) is 0 Å². The summed E-state index contributed by atoms with van der Waals surface area (Å²) in [4.78, 5) is 36.2. The van der Waals surface area contributed by atoms with Crippen LogP contribution in [0.5, 0.6) is 5.75 Å². The van der Waals surface area contributed by atoms with Crippen LogP contribution in [0, 0.1) is 0 Å². The topological polar surface area (TPSA) is 82.8 Å². The van der Waals surface area contributed by atoms with Crippen LogP contribution in [-0.4, -0.2) is 18.5 Å². The van der Waals surface area contributed by atoms with Gasteiger partial charge in [0, 0.05) is 16.5 Å². The lowest BCUT2D eigenvalue weighted by Gasteiger charge is -2.11. The fourth-order valence-electron chi connectivity index (χ4n) is 3.89. The number of carbonyl (C=O) groups excluding carboxylic acids is 2. The van der Waals surface area contributed by atoms with Gasteiger partial charge in [0.1, 0.15) is 11.3 Å². The Kier molecular flexibility index (Phi) is 9.61. The standard InChI is InChI=1S/C31H34O6/c1-6-7-11-24-17-22(10-8-9-16-35-29(32)20(2)3)18-25-19-27(31(34)37-28(24)25)23-12-14-26(15-13-23)36-30(33)21(4)5/h12-15,17-19H,2,4,6-11,16H2,1,3,5H3. The predicted molar refractivity (Wildman–Crippen MR) is 146 cm³/mol. The monoisotopic (exact) mass is 502 g/mol. The molecule has 0 aliphatic heterocycles. The highest BCUT2D eigenvalue weighted by molar-refractivity contribution is 5.89. The predicted octanol–water partition coefficient (Wildman–Crippen LogP) is 6.73. The highest BCUT2D eigenvalue weighted by Gasteiger charge is 2.14. The van der Waals surface area contributed by atoms with Crippen LogP contribution < -0.4 is 10.4 Å². The number of unbranched alkanes of at least 4 members (excludes halogenated alkanes) is 2. The Morgan fingerprint density at radius 1 is 0.892 bits per heavy atom. The fourth-order valence-corrected chi connectivity index (χ4v) is 3.89. The number of rotatable bonds is 12. The molecule has 0 saturated heterocycles. The van der Waals surface area contributed by atoms with E-state index < -0.39 is 11.6 Å². The van der Waals surface area contributed by atoms with Crippen molar-refractivity contribution in [2.45, 2.75) is 59.3 Å². The molecule has 2 aromatic carbocycles. The van der Waals surface area contributed by atoms with E-state index in [0.717, 1.165) is 55.0 Å². The lowest BCUT2D eigenvalue weighted by atomic mass is 9.97. The second-order valence-corrected chi connectivity index (χ2v) is 9.29. The molecule has 0 spiro atoms. The van der Waals surface area contributed by atoms with E-state index in [1.54, 1.807) is 38.1 Å². The zero-order chi connectivity index (χ0) is 26.9. The number of hydrogen-bond donors (Lipinski definition) is 0. The second-order valence-electron chi connectivity index (χ2n) is 9.29. The molecule has 6 nitrogen and oxygen atoms in total. The van der Waals surface area contributed by atoms with Gasteiger partial charge in [-0.3, -0.25) is 0 Å². The van der Waals surface area contributed by atoms with Crippen LogP contribution in [0.3, 0.4) is 0 Å². The van der Waals surface area contributed by atoms with Crippen LogP contribution in [-0.2, 0) is 27.2 Å². The Bertz CT molecular complexity index is 1360. The van der Waals surface area contributed by atoms with Crippen LogP contribution >= 0.6 is 0 Å².